The van der Waals surface area contributed by atoms with E-state index in [2.05, 4.69) is 0 Å². The minimum absolute atomic E-state index is 0.0273. The molecule has 1 aliphatic heterocycles. The van der Waals surface area contributed by atoms with Crippen LogP contribution in [0, 0.1) is 12.8 Å². The van der Waals surface area contributed by atoms with Crippen molar-refractivity contribution in [2.24, 2.45) is 5.92 Å². The number of Topliss-reactive ketones (excluding diaryl/α,β-unsaturated/α-hetero) is 1. The van der Waals surface area contributed by atoms with Gasteiger partial charge in [0.1, 0.15) is 24.3 Å². The molecule has 1 saturated heterocycles. The number of furan rings is 1. The summed E-state index contributed by atoms with van der Waals surface area (Å²) in [4.78, 5) is 42.4. The maximum atomic E-state index is 14.3. The number of carbonyl (C=O) groups excluding carboxylic acids is 3. The van der Waals surface area contributed by atoms with Crippen LogP contribution in [0.5, 0.6) is 0 Å². The lowest BCUT2D eigenvalue weighted by molar-refractivity contribution is -0.132. The molecule has 0 radical (unpaired) electrons. The molecule has 4 aromatic rings. The number of aliphatic hydroxyl groups is 1. The van der Waals surface area contributed by atoms with Crippen LogP contribution in [0.25, 0.3) is 11.1 Å². The Morgan fingerprint density at radius 3 is 2.35 bits per heavy atom. The molecule has 222 valence electrons. The molecule has 3 aromatic carbocycles. The molecular formula is C36H37NO6. The number of carbonyl (C=O) groups is 3. The zero-order valence-electron chi connectivity index (χ0n) is 24.4. The summed E-state index contributed by atoms with van der Waals surface area (Å²) in [6.07, 6.45) is 3.39. The maximum absolute atomic E-state index is 14.3. The normalized spacial score (nSPS) is 15.3. The first-order valence-electron chi connectivity index (χ1n) is 14.9. The van der Waals surface area contributed by atoms with Crippen LogP contribution in [0.1, 0.15) is 64.7 Å². The fraction of sp³-hybridized carbons (Fsp3) is 0.306. The summed E-state index contributed by atoms with van der Waals surface area (Å²) in [6.45, 7) is 2.21. The largest absolute Gasteiger partial charge is 0.457 e. The number of ether oxygens (including phenoxy) is 1. The predicted octanol–water partition coefficient (Wildman–Crippen LogP) is 7.11. The molecule has 1 fully saturated rings. The van der Waals surface area contributed by atoms with E-state index in [1.54, 1.807) is 6.07 Å². The van der Waals surface area contributed by atoms with Gasteiger partial charge in [0.05, 0.1) is 0 Å². The fourth-order valence-electron chi connectivity index (χ4n) is 5.61. The standard InChI is InChI=1S/C36H37NO6/c1-25-13-12-18-28(21-25)29-23-33(43-32(29)19-10-2-3-11-20-38)34(39)30(22-26-14-6-4-7-15-26)35(40)37-31(24-42-36(37)41)27-16-8-5-9-17-27/h4-9,12-18,21,23,30-31,38H,2-3,10-11,19-20,22,24H2,1H3. The molecule has 7 nitrogen and oxygen atoms in total. The van der Waals surface area contributed by atoms with E-state index in [-0.39, 0.29) is 25.4 Å². The number of ketones is 1. The van der Waals surface area contributed by atoms with Gasteiger partial charge < -0.3 is 14.3 Å². The average Bonchev–Trinajstić information content (AvgIpc) is 3.64. The first-order chi connectivity index (χ1) is 21.0. The van der Waals surface area contributed by atoms with Gasteiger partial charge in [0, 0.05) is 18.6 Å². The Morgan fingerprint density at radius 2 is 1.63 bits per heavy atom. The molecule has 2 atom stereocenters. The van der Waals surface area contributed by atoms with Crippen LogP contribution in [-0.4, -0.2) is 41.0 Å². The van der Waals surface area contributed by atoms with Crippen LogP contribution in [0.4, 0.5) is 4.79 Å². The third kappa shape index (κ3) is 7.12. The molecule has 2 unspecified atom stereocenters. The number of amides is 2. The van der Waals surface area contributed by atoms with E-state index in [9.17, 15) is 14.4 Å². The Balaban J connectivity index is 1.50. The highest BCUT2D eigenvalue weighted by atomic mass is 16.6. The lowest BCUT2D eigenvalue weighted by atomic mass is 9.91. The average molecular weight is 580 g/mol. The van der Waals surface area contributed by atoms with E-state index in [1.807, 2.05) is 91.9 Å². The molecule has 0 aliphatic carbocycles. The van der Waals surface area contributed by atoms with Gasteiger partial charge in [-0.05, 0) is 48.9 Å². The highest BCUT2D eigenvalue weighted by Gasteiger charge is 2.44. The Labute approximate surface area is 252 Å². The first-order valence-corrected chi connectivity index (χ1v) is 14.9. The van der Waals surface area contributed by atoms with Crippen molar-refractivity contribution >= 4 is 17.8 Å². The first kappa shape index (κ1) is 30.0. The number of unbranched alkanes of at least 4 members (excludes halogenated alkanes) is 3. The molecule has 0 saturated carbocycles. The van der Waals surface area contributed by atoms with Crippen LogP contribution >= 0.6 is 0 Å². The Morgan fingerprint density at radius 1 is 0.907 bits per heavy atom. The van der Waals surface area contributed by atoms with Crippen LogP contribution in [0.15, 0.2) is 95.4 Å². The van der Waals surface area contributed by atoms with Crippen molar-refractivity contribution in [3.8, 4) is 11.1 Å². The Kier molecular flexibility index (Phi) is 9.84. The van der Waals surface area contributed by atoms with Gasteiger partial charge in [0.2, 0.25) is 11.7 Å². The Bertz CT molecular complexity index is 1540. The monoisotopic (exact) mass is 579 g/mol. The number of cyclic esters (lactones) is 1. The van der Waals surface area contributed by atoms with Crippen LogP contribution < -0.4 is 0 Å². The number of hydrogen-bond acceptors (Lipinski definition) is 6. The van der Waals surface area contributed by atoms with Crippen LogP contribution in [-0.2, 0) is 22.4 Å². The highest BCUT2D eigenvalue weighted by molar-refractivity contribution is 6.12. The van der Waals surface area contributed by atoms with E-state index in [4.69, 9.17) is 14.3 Å². The summed E-state index contributed by atoms with van der Waals surface area (Å²) in [7, 11) is 0. The summed E-state index contributed by atoms with van der Waals surface area (Å²) in [5.74, 6) is -1.48. The van der Waals surface area contributed by atoms with E-state index in [0.717, 1.165) is 58.4 Å². The summed E-state index contributed by atoms with van der Waals surface area (Å²) in [5.41, 5.74) is 4.40. The smallest absolute Gasteiger partial charge is 0.417 e. The van der Waals surface area contributed by atoms with Crippen LogP contribution in [0.3, 0.4) is 0 Å². The van der Waals surface area contributed by atoms with E-state index < -0.39 is 29.7 Å². The summed E-state index contributed by atoms with van der Waals surface area (Å²) in [6, 6.07) is 27.7. The van der Waals surface area contributed by atoms with Crippen LogP contribution in [0.2, 0.25) is 0 Å². The van der Waals surface area contributed by atoms with Crippen molar-refractivity contribution in [3.63, 3.8) is 0 Å². The lowest BCUT2D eigenvalue weighted by Crippen LogP contribution is -2.42. The molecule has 5 rings (SSSR count). The molecule has 2 heterocycles. The molecule has 2 amide bonds. The number of hydrogen-bond donors (Lipinski definition) is 1. The topological polar surface area (TPSA) is 97.1 Å². The second-order valence-electron chi connectivity index (χ2n) is 11.0. The van der Waals surface area contributed by atoms with Crippen molar-refractivity contribution < 1.29 is 28.6 Å². The van der Waals surface area contributed by atoms with Gasteiger partial charge in [0.15, 0.2) is 5.76 Å². The maximum Gasteiger partial charge on any atom is 0.417 e. The molecule has 1 N–H and O–H groups in total. The van der Waals surface area contributed by atoms with Gasteiger partial charge in [-0.2, -0.15) is 0 Å². The molecule has 7 heteroatoms. The molecule has 1 aromatic heterocycles. The molecule has 43 heavy (non-hydrogen) atoms. The zero-order chi connectivity index (χ0) is 30.2. The van der Waals surface area contributed by atoms with Gasteiger partial charge >= 0.3 is 6.09 Å². The molecule has 0 bridgehead atoms. The molecule has 1 aliphatic rings. The third-order valence-electron chi connectivity index (χ3n) is 7.88. The van der Waals surface area contributed by atoms with E-state index >= 15 is 0 Å². The molecule has 0 spiro atoms. The summed E-state index contributed by atoms with van der Waals surface area (Å²) < 4.78 is 11.6. The van der Waals surface area contributed by atoms with Crippen molar-refractivity contribution in [1.82, 2.24) is 4.90 Å². The minimum Gasteiger partial charge on any atom is -0.457 e. The number of nitrogens with zero attached hydrogens (tertiary/aromatic N) is 1. The second-order valence-corrected chi connectivity index (χ2v) is 11.0. The fourth-order valence-corrected chi connectivity index (χ4v) is 5.61. The predicted molar refractivity (Wildman–Crippen MR) is 163 cm³/mol. The van der Waals surface area contributed by atoms with E-state index in [1.165, 1.54) is 0 Å². The number of aliphatic hydroxyl groups excluding tert-OH is 1. The van der Waals surface area contributed by atoms with Gasteiger partial charge in [-0.15, -0.1) is 0 Å². The van der Waals surface area contributed by atoms with Gasteiger partial charge in [-0.3, -0.25) is 9.59 Å². The number of aryl methyl sites for hydroxylation is 2. The zero-order valence-corrected chi connectivity index (χ0v) is 24.4. The number of benzene rings is 3. The quantitative estimate of drug-likeness (QED) is 0.103. The van der Waals surface area contributed by atoms with Crippen molar-refractivity contribution in [1.29, 1.82) is 0 Å². The molecular weight excluding hydrogens is 542 g/mol. The van der Waals surface area contributed by atoms with Crippen molar-refractivity contribution in [3.05, 3.63) is 119 Å². The van der Waals surface area contributed by atoms with E-state index in [0.29, 0.717) is 12.2 Å². The van der Waals surface area contributed by atoms with Crippen molar-refractivity contribution in [2.45, 2.75) is 51.5 Å². The highest BCUT2D eigenvalue weighted by Crippen LogP contribution is 2.34. The Hall–Kier alpha value is -4.49. The number of rotatable bonds is 13. The lowest BCUT2D eigenvalue weighted by Gasteiger charge is -2.24. The van der Waals surface area contributed by atoms with Crippen molar-refractivity contribution in [2.75, 3.05) is 13.2 Å². The van der Waals surface area contributed by atoms with Gasteiger partial charge in [-0.1, -0.05) is 103 Å². The van der Waals surface area contributed by atoms with Gasteiger partial charge in [0.25, 0.3) is 0 Å². The summed E-state index contributed by atoms with van der Waals surface area (Å²) in [5, 5.41) is 9.13. The number of imide groups is 1. The SMILES string of the molecule is Cc1cccc(-c2cc(C(=O)C(Cc3ccccc3)C(=O)N3C(=O)OCC3c3ccccc3)oc2CCCCCCO)c1. The summed E-state index contributed by atoms with van der Waals surface area (Å²) >= 11 is 0. The second kappa shape index (κ2) is 14.1. The third-order valence-corrected chi connectivity index (χ3v) is 7.88. The van der Waals surface area contributed by atoms with Gasteiger partial charge in [-0.25, -0.2) is 9.69 Å². The minimum atomic E-state index is -1.19.